The number of nitrogen functional groups attached to an aromatic ring is 1. The Morgan fingerprint density at radius 3 is 2.95 bits per heavy atom. The van der Waals surface area contributed by atoms with Crippen LogP contribution >= 0.6 is 0 Å². The van der Waals surface area contributed by atoms with E-state index in [2.05, 4.69) is 12.2 Å². The molecule has 0 aliphatic heterocycles. The van der Waals surface area contributed by atoms with Crippen molar-refractivity contribution >= 4 is 17.3 Å². The molecule has 0 spiro atoms. The quantitative estimate of drug-likeness (QED) is 0.837. The van der Waals surface area contributed by atoms with Gasteiger partial charge in [0.1, 0.15) is 11.9 Å². The number of benzene rings is 1. The molecule has 0 radical (unpaired) electrons. The molecule has 0 bridgehead atoms. The molecule has 1 fully saturated rings. The highest BCUT2D eigenvalue weighted by atomic mass is 19.1. The molecule has 0 saturated heterocycles. The lowest BCUT2D eigenvalue weighted by Crippen LogP contribution is -2.33. The number of anilines is 2. The fourth-order valence-electron chi connectivity index (χ4n) is 2.73. The van der Waals surface area contributed by atoms with Crippen LogP contribution in [0.3, 0.4) is 0 Å². The largest absolute Gasteiger partial charge is 0.399 e. The van der Waals surface area contributed by atoms with E-state index in [1.54, 1.807) is 6.92 Å². The van der Waals surface area contributed by atoms with Crippen molar-refractivity contribution in [2.45, 2.75) is 51.7 Å². The Kier molecular flexibility index (Phi) is 5.17. The number of amides is 1. The topological polar surface area (TPSA) is 64.3 Å². The number of hydrogen-bond donors (Lipinski definition) is 2. The molecule has 3 unspecified atom stereocenters. The SMILES string of the molecule is CC1CCCC(OC(C)C(=O)Nc2cc(N)ccc2F)C1. The Balaban J connectivity index is 1.91. The Bertz CT molecular complexity index is 507. The minimum Gasteiger partial charge on any atom is -0.399 e. The molecule has 1 amide bonds. The monoisotopic (exact) mass is 294 g/mol. The van der Waals surface area contributed by atoms with Crippen molar-refractivity contribution in [3.8, 4) is 0 Å². The average Bonchev–Trinajstić information content (AvgIpc) is 2.43. The summed E-state index contributed by atoms with van der Waals surface area (Å²) in [4.78, 5) is 12.1. The Labute approximate surface area is 124 Å². The molecule has 1 aromatic rings. The Hall–Kier alpha value is -1.62. The van der Waals surface area contributed by atoms with Crippen LogP contribution in [0.5, 0.6) is 0 Å². The van der Waals surface area contributed by atoms with Gasteiger partial charge in [0, 0.05) is 5.69 Å². The van der Waals surface area contributed by atoms with Crippen molar-refractivity contribution in [1.82, 2.24) is 0 Å². The predicted octanol–water partition coefficient (Wildman–Crippen LogP) is 3.33. The molecule has 2 rings (SSSR count). The summed E-state index contributed by atoms with van der Waals surface area (Å²) in [6.45, 7) is 3.89. The van der Waals surface area contributed by atoms with Crippen LogP contribution in [0.4, 0.5) is 15.8 Å². The van der Waals surface area contributed by atoms with Gasteiger partial charge in [0.05, 0.1) is 11.8 Å². The number of hydrogen-bond acceptors (Lipinski definition) is 3. The van der Waals surface area contributed by atoms with Gasteiger partial charge < -0.3 is 15.8 Å². The summed E-state index contributed by atoms with van der Waals surface area (Å²) in [5.41, 5.74) is 6.09. The summed E-state index contributed by atoms with van der Waals surface area (Å²) in [5, 5.41) is 2.53. The van der Waals surface area contributed by atoms with E-state index in [1.807, 2.05) is 0 Å². The summed E-state index contributed by atoms with van der Waals surface area (Å²) in [7, 11) is 0. The van der Waals surface area contributed by atoms with Crippen LogP contribution in [-0.2, 0) is 9.53 Å². The first kappa shape index (κ1) is 15.8. The third kappa shape index (κ3) is 4.43. The summed E-state index contributed by atoms with van der Waals surface area (Å²) < 4.78 is 19.4. The van der Waals surface area contributed by atoms with Gasteiger partial charge in [-0.3, -0.25) is 4.79 Å². The first-order chi connectivity index (χ1) is 9.95. The minimum absolute atomic E-state index is 0.0902. The molecule has 1 aliphatic carbocycles. The molecule has 21 heavy (non-hydrogen) atoms. The van der Waals surface area contributed by atoms with Gasteiger partial charge in [-0.1, -0.05) is 19.8 Å². The zero-order valence-electron chi connectivity index (χ0n) is 12.6. The van der Waals surface area contributed by atoms with Crippen molar-refractivity contribution in [2.75, 3.05) is 11.1 Å². The van der Waals surface area contributed by atoms with E-state index >= 15 is 0 Å². The molecule has 3 N–H and O–H groups in total. The summed E-state index contributed by atoms with van der Waals surface area (Å²) >= 11 is 0. The van der Waals surface area contributed by atoms with Crippen LogP contribution in [0, 0.1) is 11.7 Å². The average molecular weight is 294 g/mol. The number of ether oxygens (including phenoxy) is 1. The van der Waals surface area contributed by atoms with Crippen LogP contribution in [0.1, 0.15) is 39.5 Å². The molecule has 1 aliphatic rings. The van der Waals surface area contributed by atoms with Gasteiger partial charge in [-0.05, 0) is 43.9 Å². The fourth-order valence-corrected chi connectivity index (χ4v) is 2.73. The van der Waals surface area contributed by atoms with Crippen LogP contribution in [0.15, 0.2) is 18.2 Å². The number of carbonyl (C=O) groups is 1. The summed E-state index contributed by atoms with van der Waals surface area (Å²) in [6, 6.07) is 4.09. The van der Waals surface area contributed by atoms with E-state index in [0.717, 1.165) is 19.3 Å². The lowest BCUT2D eigenvalue weighted by Gasteiger charge is -2.29. The van der Waals surface area contributed by atoms with Crippen molar-refractivity contribution in [2.24, 2.45) is 5.92 Å². The van der Waals surface area contributed by atoms with E-state index in [9.17, 15) is 9.18 Å². The number of carbonyl (C=O) groups excluding carboxylic acids is 1. The minimum atomic E-state index is -0.610. The lowest BCUT2D eigenvalue weighted by molar-refractivity contribution is -0.131. The van der Waals surface area contributed by atoms with Gasteiger partial charge in [0.25, 0.3) is 5.91 Å². The number of halogens is 1. The first-order valence-corrected chi connectivity index (χ1v) is 7.47. The molecule has 0 heterocycles. The van der Waals surface area contributed by atoms with Crippen molar-refractivity contribution in [3.63, 3.8) is 0 Å². The third-order valence-corrected chi connectivity index (χ3v) is 3.90. The van der Waals surface area contributed by atoms with E-state index in [-0.39, 0.29) is 17.7 Å². The number of rotatable bonds is 4. The van der Waals surface area contributed by atoms with E-state index in [4.69, 9.17) is 10.5 Å². The normalized spacial score (nSPS) is 23.6. The van der Waals surface area contributed by atoms with Crippen LogP contribution in [-0.4, -0.2) is 18.1 Å². The Morgan fingerprint density at radius 2 is 2.24 bits per heavy atom. The van der Waals surface area contributed by atoms with Gasteiger partial charge in [0.15, 0.2) is 0 Å². The molecule has 0 aromatic heterocycles. The standard InChI is InChI=1S/C16H23FN2O2/c1-10-4-3-5-13(8-10)21-11(2)16(20)19-15-9-12(18)6-7-14(15)17/h6-7,9-11,13H,3-5,8,18H2,1-2H3,(H,19,20). The van der Waals surface area contributed by atoms with Gasteiger partial charge in [0.2, 0.25) is 0 Å². The second-order valence-electron chi connectivity index (χ2n) is 5.90. The highest BCUT2D eigenvalue weighted by molar-refractivity contribution is 5.94. The number of nitrogens with two attached hydrogens (primary N) is 1. The smallest absolute Gasteiger partial charge is 0.253 e. The van der Waals surface area contributed by atoms with Crippen LogP contribution in [0.25, 0.3) is 0 Å². The van der Waals surface area contributed by atoms with E-state index < -0.39 is 11.9 Å². The van der Waals surface area contributed by atoms with Gasteiger partial charge in [-0.25, -0.2) is 4.39 Å². The highest BCUT2D eigenvalue weighted by Crippen LogP contribution is 2.26. The first-order valence-electron chi connectivity index (χ1n) is 7.47. The van der Waals surface area contributed by atoms with Crippen LogP contribution in [0.2, 0.25) is 0 Å². The molecular weight excluding hydrogens is 271 g/mol. The van der Waals surface area contributed by atoms with Crippen molar-refractivity contribution < 1.29 is 13.9 Å². The maximum absolute atomic E-state index is 13.6. The summed E-state index contributed by atoms with van der Waals surface area (Å²) in [5.74, 6) is -0.223. The number of nitrogens with one attached hydrogen (secondary N) is 1. The molecule has 5 heteroatoms. The second-order valence-corrected chi connectivity index (χ2v) is 5.90. The molecule has 1 saturated carbocycles. The molecule has 1 aromatic carbocycles. The molecule has 3 atom stereocenters. The highest BCUT2D eigenvalue weighted by Gasteiger charge is 2.24. The van der Waals surface area contributed by atoms with E-state index in [1.165, 1.54) is 24.6 Å². The zero-order valence-corrected chi connectivity index (χ0v) is 12.6. The molecular formula is C16H23FN2O2. The third-order valence-electron chi connectivity index (χ3n) is 3.90. The molecule has 4 nitrogen and oxygen atoms in total. The zero-order chi connectivity index (χ0) is 15.4. The summed E-state index contributed by atoms with van der Waals surface area (Å²) in [6.07, 6.45) is 3.80. The second kappa shape index (κ2) is 6.89. The Morgan fingerprint density at radius 1 is 1.48 bits per heavy atom. The lowest BCUT2D eigenvalue weighted by atomic mass is 9.88. The maximum Gasteiger partial charge on any atom is 0.253 e. The molecule has 116 valence electrons. The maximum atomic E-state index is 13.6. The van der Waals surface area contributed by atoms with Gasteiger partial charge in [-0.15, -0.1) is 0 Å². The van der Waals surface area contributed by atoms with Crippen molar-refractivity contribution in [3.05, 3.63) is 24.0 Å². The predicted molar refractivity (Wildman–Crippen MR) is 81.4 cm³/mol. The van der Waals surface area contributed by atoms with Gasteiger partial charge in [-0.2, -0.15) is 0 Å². The van der Waals surface area contributed by atoms with Gasteiger partial charge >= 0.3 is 0 Å². The van der Waals surface area contributed by atoms with E-state index in [0.29, 0.717) is 11.6 Å². The fraction of sp³-hybridized carbons (Fsp3) is 0.562. The van der Waals surface area contributed by atoms with Crippen molar-refractivity contribution in [1.29, 1.82) is 0 Å². The van der Waals surface area contributed by atoms with Crippen LogP contribution < -0.4 is 11.1 Å².